The van der Waals surface area contributed by atoms with Crippen LogP contribution in [0.4, 0.5) is 0 Å². The summed E-state index contributed by atoms with van der Waals surface area (Å²) in [5, 5.41) is 7.14. The minimum Gasteiger partial charge on any atom is -0.496 e. The molecule has 0 unspecified atom stereocenters. The molecule has 0 fully saturated rings. The van der Waals surface area contributed by atoms with Gasteiger partial charge in [0.05, 0.1) is 24.4 Å². The number of nitrogens with one attached hydrogen (secondary N) is 1. The summed E-state index contributed by atoms with van der Waals surface area (Å²) in [5.74, 6) is 1.56. The predicted molar refractivity (Wildman–Crippen MR) is 112 cm³/mol. The fourth-order valence-corrected chi connectivity index (χ4v) is 2.99. The fraction of sp³-hybridized carbons (Fsp3) is 0.375. The van der Waals surface area contributed by atoms with Crippen molar-refractivity contribution in [3.63, 3.8) is 0 Å². The van der Waals surface area contributed by atoms with Gasteiger partial charge >= 0.3 is 0 Å². The lowest BCUT2D eigenvalue weighted by atomic mass is 10.2. The molecule has 0 atom stereocenters. The van der Waals surface area contributed by atoms with E-state index >= 15 is 0 Å². The van der Waals surface area contributed by atoms with Crippen LogP contribution in [-0.2, 0) is 13.1 Å². The first kappa shape index (κ1) is 21.0. The summed E-state index contributed by atoms with van der Waals surface area (Å²) in [6.07, 6.45) is 0. The van der Waals surface area contributed by atoms with Crippen LogP contribution >= 0.6 is 46.9 Å². The quantitative estimate of drug-likeness (QED) is 0.400. The van der Waals surface area contributed by atoms with E-state index in [-0.39, 0.29) is 24.0 Å². The van der Waals surface area contributed by atoms with Gasteiger partial charge in [-0.25, -0.2) is 4.98 Å². The predicted octanol–water partition coefficient (Wildman–Crippen LogP) is 3.94. The van der Waals surface area contributed by atoms with Gasteiger partial charge in [0.15, 0.2) is 5.96 Å². The number of nitrogens with zero attached hydrogens (tertiary/aromatic N) is 3. The highest BCUT2D eigenvalue weighted by molar-refractivity contribution is 14.0. The van der Waals surface area contributed by atoms with Crippen LogP contribution in [0.2, 0.25) is 5.02 Å². The molecule has 0 aliphatic heterocycles. The zero-order valence-corrected chi connectivity index (χ0v) is 18.1. The molecule has 0 spiro atoms. The second kappa shape index (κ2) is 10.0. The first-order valence-corrected chi connectivity index (χ1v) is 8.44. The molecule has 0 saturated heterocycles. The maximum Gasteiger partial charge on any atom is 0.194 e. The number of halogens is 2. The summed E-state index contributed by atoms with van der Waals surface area (Å²) in [6, 6.07) is 5.61. The van der Waals surface area contributed by atoms with E-state index in [2.05, 4.69) is 20.7 Å². The van der Waals surface area contributed by atoms with Gasteiger partial charge in [-0.15, -0.1) is 35.3 Å². The Morgan fingerprint density at radius 2 is 2.21 bits per heavy atom. The van der Waals surface area contributed by atoms with Crippen molar-refractivity contribution in [3.05, 3.63) is 44.9 Å². The van der Waals surface area contributed by atoms with Gasteiger partial charge in [0.2, 0.25) is 0 Å². The van der Waals surface area contributed by atoms with Crippen molar-refractivity contribution in [2.24, 2.45) is 4.99 Å². The van der Waals surface area contributed by atoms with E-state index in [4.69, 9.17) is 16.3 Å². The smallest absolute Gasteiger partial charge is 0.194 e. The maximum absolute atomic E-state index is 5.99. The van der Waals surface area contributed by atoms with Crippen LogP contribution in [-0.4, -0.2) is 37.0 Å². The molecule has 0 aliphatic carbocycles. The Morgan fingerprint density at radius 1 is 1.46 bits per heavy atom. The molecular weight excluding hydrogens is 459 g/mol. The van der Waals surface area contributed by atoms with Crippen molar-refractivity contribution in [2.75, 3.05) is 21.2 Å². The molecule has 1 aromatic heterocycles. The lowest BCUT2D eigenvalue weighted by Crippen LogP contribution is -2.38. The van der Waals surface area contributed by atoms with E-state index in [0.717, 1.165) is 28.0 Å². The highest BCUT2D eigenvalue weighted by Crippen LogP contribution is 2.23. The summed E-state index contributed by atoms with van der Waals surface area (Å²) in [4.78, 5) is 10.8. The molecule has 0 amide bonds. The summed E-state index contributed by atoms with van der Waals surface area (Å²) >= 11 is 7.65. The molecule has 1 N–H and O–H groups in total. The van der Waals surface area contributed by atoms with Crippen molar-refractivity contribution >= 4 is 52.9 Å². The van der Waals surface area contributed by atoms with Crippen LogP contribution in [0.3, 0.4) is 0 Å². The van der Waals surface area contributed by atoms with Crippen molar-refractivity contribution in [2.45, 2.75) is 20.0 Å². The molecule has 0 bridgehead atoms. The minimum absolute atomic E-state index is 0. The number of benzene rings is 1. The number of aryl methyl sites for hydroxylation is 1. The number of aromatic nitrogens is 1. The van der Waals surface area contributed by atoms with Crippen molar-refractivity contribution in [1.29, 1.82) is 0 Å². The van der Waals surface area contributed by atoms with Crippen LogP contribution < -0.4 is 10.1 Å². The summed E-state index contributed by atoms with van der Waals surface area (Å²) in [7, 11) is 5.40. The number of guanidine groups is 1. The van der Waals surface area contributed by atoms with E-state index in [1.54, 1.807) is 25.5 Å². The van der Waals surface area contributed by atoms with Crippen molar-refractivity contribution < 1.29 is 4.74 Å². The Balaban J connectivity index is 0.00000288. The monoisotopic (exact) mass is 480 g/mol. The molecule has 2 aromatic rings. The third-order valence-corrected chi connectivity index (χ3v) is 4.38. The van der Waals surface area contributed by atoms with Crippen molar-refractivity contribution in [1.82, 2.24) is 15.2 Å². The van der Waals surface area contributed by atoms with Crippen LogP contribution in [0.15, 0.2) is 28.6 Å². The molecule has 5 nitrogen and oxygen atoms in total. The number of aliphatic imine (C=N–C) groups is 1. The third-order valence-electron chi connectivity index (χ3n) is 3.33. The molecule has 1 aromatic carbocycles. The van der Waals surface area contributed by atoms with Crippen LogP contribution in [0.5, 0.6) is 5.75 Å². The lowest BCUT2D eigenvalue weighted by molar-refractivity contribution is 0.408. The van der Waals surface area contributed by atoms with Gasteiger partial charge in [0.1, 0.15) is 5.75 Å². The van der Waals surface area contributed by atoms with Gasteiger partial charge < -0.3 is 15.0 Å². The molecular formula is C16H22ClIN4OS. The second-order valence-corrected chi connectivity index (χ2v) is 6.57. The fourth-order valence-electron chi connectivity index (χ4n) is 2.22. The Hall–Kier alpha value is -1.06. The topological polar surface area (TPSA) is 49.8 Å². The van der Waals surface area contributed by atoms with Gasteiger partial charge in [-0.3, -0.25) is 4.99 Å². The molecule has 0 aliphatic rings. The van der Waals surface area contributed by atoms with E-state index in [0.29, 0.717) is 18.1 Å². The Labute approximate surface area is 169 Å². The number of thiazole rings is 1. The highest BCUT2D eigenvalue weighted by atomic mass is 127. The first-order chi connectivity index (χ1) is 11.0. The Kier molecular flexibility index (Phi) is 8.79. The summed E-state index contributed by atoms with van der Waals surface area (Å²) in [6.45, 7) is 3.32. The average Bonchev–Trinajstić information content (AvgIpc) is 2.94. The summed E-state index contributed by atoms with van der Waals surface area (Å²) in [5.41, 5.74) is 2.07. The zero-order chi connectivity index (χ0) is 16.8. The van der Waals surface area contributed by atoms with Gasteiger partial charge in [-0.2, -0.15) is 0 Å². The molecule has 0 saturated carbocycles. The van der Waals surface area contributed by atoms with Gasteiger partial charge in [-0.05, 0) is 19.1 Å². The zero-order valence-electron chi connectivity index (χ0n) is 14.2. The van der Waals surface area contributed by atoms with Crippen LogP contribution in [0, 0.1) is 6.92 Å². The van der Waals surface area contributed by atoms with E-state index in [9.17, 15) is 0 Å². The molecule has 1 heterocycles. The third kappa shape index (κ3) is 5.78. The average molecular weight is 481 g/mol. The number of hydrogen-bond acceptors (Lipinski definition) is 4. The normalized spacial score (nSPS) is 11.0. The Bertz CT molecular complexity index is 692. The van der Waals surface area contributed by atoms with Crippen molar-refractivity contribution in [3.8, 4) is 5.75 Å². The van der Waals surface area contributed by atoms with Crippen LogP contribution in [0.25, 0.3) is 0 Å². The molecule has 132 valence electrons. The van der Waals surface area contributed by atoms with Gasteiger partial charge in [0.25, 0.3) is 0 Å². The molecule has 2 rings (SSSR count). The van der Waals surface area contributed by atoms with Crippen LogP contribution in [0.1, 0.15) is 16.3 Å². The summed E-state index contributed by atoms with van der Waals surface area (Å²) < 4.78 is 5.36. The van der Waals surface area contributed by atoms with E-state index < -0.39 is 0 Å². The number of rotatable bonds is 5. The first-order valence-electron chi connectivity index (χ1n) is 7.18. The van der Waals surface area contributed by atoms with E-state index in [1.807, 2.05) is 37.1 Å². The Morgan fingerprint density at radius 3 is 2.79 bits per heavy atom. The van der Waals surface area contributed by atoms with Gasteiger partial charge in [0, 0.05) is 36.6 Å². The molecule has 8 heteroatoms. The molecule has 0 radical (unpaired) electrons. The number of hydrogen-bond donors (Lipinski definition) is 1. The van der Waals surface area contributed by atoms with Gasteiger partial charge in [-0.1, -0.05) is 17.7 Å². The lowest BCUT2D eigenvalue weighted by Gasteiger charge is -2.21. The number of ether oxygens (including phenoxy) is 1. The molecule has 24 heavy (non-hydrogen) atoms. The largest absolute Gasteiger partial charge is 0.496 e. The number of methoxy groups -OCH3 is 1. The SMILES string of the molecule is CN=C(NCc1ccc(Cl)cc1OC)N(C)Cc1csc(C)n1.I. The minimum atomic E-state index is 0. The standard InChI is InChI=1S/C16H21ClN4OS.HI/c1-11-20-14(10-23-11)9-21(3)16(18-2)19-8-12-5-6-13(17)7-15(12)22-4;/h5-7,10H,8-9H2,1-4H3,(H,18,19);1H. The van der Waals surface area contributed by atoms with E-state index in [1.165, 1.54) is 0 Å². The second-order valence-electron chi connectivity index (χ2n) is 5.07. The maximum atomic E-state index is 5.99. The highest BCUT2D eigenvalue weighted by Gasteiger charge is 2.10.